The van der Waals surface area contributed by atoms with Crippen molar-refractivity contribution in [1.29, 1.82) is 0 Å². The monoisotopic (exact) mass is 500 g/mol. The first-order chi connectivity index (χ1) is 11.3. The van der Waals surface area contributed by atoms with Crippen LogP contribution in [0.4, 0.5) is 0 Å². The summed E-state index contributed by atoms with van der Waals surface area (Å²) in [5.41, 5.74) is 0. The third-order valence-corrected chi connectivity index (χ3v) is 7.40. The first-order valence-corrected chi connectivity index (χ1v) is 10.6. The van der Waals surface area contributed by atoms with E-state index in [4.69, 9.17) is 4.99 Å². The van der Waals surface area contributed by atoms with Gasteiger partial charge in [0.15, 0.2) is 5.96 Å². The van der Waals surface area contributed by atoms with Crippen molar-refractivity contribution in [1.82, 2.24) is 14.5 Å². The zero-order valence-corrected chi connectivity index (χ0v) is 19.3. The number of sulfonamides is 1. The molecular weight excluding hydrogens is 471 g/mol. The maximum absolute atomic E-state index is 12.1. The number of nitrogens with zero attached hydrogens (tertiary/aromatic N) is 3. The lowest BCUT2D eigenvalue weighted by molar-refractivity contribution is 0.266. The van der Waals surface area contributed by atoms with E-state index in [9.17, 15) is 8.42 Å². The summed E-state index contributed by atoms with van der Waals surface area (Å²) >= 11 is 1.29. The largest absolute Gasteiger partial charge is 0.357 e. The fourth-order valence-electron chi connectivity index (χ4n) is 2.72. The Bertz CT molecular complexity index is 673. The van der Waals surface area contributed by atoms with Crippen molar-refractivity contribution in [2.24, 2.45) is 10.9 Å². The zero-order chi connectivity index (χ0) is 17.7. The van der Waals surface area contributed by atoms with Crippen LogP contribution >= 0.6 is 35.3 Å². The van der Waals surface area contributed by atoms with Gasteiger partial charge in [0.2, 0.25) is 0 Å². The maximum atomic E-state index is 12.1. The van der Waals surface area contributed by atoms with Gasteiger partial charge in [0.05, 0.1) is 6.54 Å². The van der Waals surface area contributed by atoms with Crippen LogP contribution in [0.1, 0.15) is 31.6 Å². The molecule has 25 heavy (non-hydrogen) atoms. The first-order valence-electron chi connectivity index (χ1n) is 8.39. The second kappa shape index (κ2) is 10.1. The van der Waals surface area contributed by atoms with E-state index in [0.29, 0.717) is 16.7 Å². The van der Waals surface area contributed by atoms with E-state index in [1.54, 1.807) is 20.2 Å². The number of piperidine rings is 1. The Balaban J connectivity index is 0.00000312. The van der Waals surface area contributed by atoms with Crippen molar-refractivity contribution < 1.29 is 8.42 Å². The highest BCUT2D eigenvalue weighted by Gasteiger charge is 2.21. The number of nitrogens with one attached hydrogen (secondary N) is 1. The van der Waals surface area contributed by atoms with Crippen LogP contribution in [0.15, 0.2) is 21.3 Å². The molecule has 0 amide bonds. The lowest BCUT2D eigenvalue weighted by Crippen LogP contribution is -2.46. The van der Waals surface area contributed by atoms with Gasteiger partial charge in [-0.05, 0) is 37.8 Å². The van der Waals surface area contributed by atoms with Gasteiger partial charge in [0, 0.05) is 38.6 Å². The molecule has 1 saturated heterocycles. The summed E-state index contributed by atoms with van der Waals surface area (Å²) < 4.78 is 25.9. The fraction of sp³-hybridized carbons (Fsp3) is 0.688. The van der Waals surface area contributed by atoms with Gasteiger partial charge in [0.1, 0.15) is 4.21 Å². The van der Waals surface area contributed by atoms with Gasteiger partial charge in [-0.1, -0.05) is 6.92 Å². The van der Waals surface area contributed by atoms with Crippen LogP contribution in [0.2, 0.25) is 0 Å². The number of hydrogen-bond acceptors (Lipinski definition) is 4. The Hall–Kier alpha value is -0.390. The molecule has 1 unspecified atom stereocenters. The van der Waals surface area contributed by atoms with Gasteiger partial charge < -0.3 is 10.2 Å². The van der Waals surface area contributed by atoms with Crippen molar-refractivity contribution in [2.45, 2.75) is 37.4 Å². The minimum Gasteiger partial charge on any atom is -0.357 e. The van der Waals surface area contributed by atoms with Gasteiger partial charge in [0.25, 0.3) is 10.0 Å². The molecule has 1 atom stereocenters. The Morgan fingerprint density at radius 3 is 2.76 bits per heavy atom. The third kappa shape index (κ3) is 6.07. The lowest BCUT2D eigenvalue weighted by atomic mass is 10.0. The Morgan fingerprint density at radius 1 is 1.44 bits per heavy atom. The molecule has 1 fully saturated rings. The summed E-state index contributed by atoms with van der Waals surface area (Å²) in [6.45, 7) is 7.72. The molecule has 144 valence electrons. The number of halogens is 1. The van der Waals surface area contributed by atoms with Gasteiger partial charge in [-0.2, -0.15) is 0 Å². The highest BCUT2D eigenvalue weighted by molar-refractivity contribution is 14.0. The molecular formula is C16H29IN4O2S2. The highest BCUT2D eigenvalue weighted by atomic mass is 127. The molecule has 0 bridgehead atoms. The average molecular weight is 500 g/mol. The van der Waals surface area contributed by atoms with E-state index in [1.807, 2.05) is 6.07 Å². The quantitative estimate of drug-likeness (QED) is 0.384. The summed E-state index contributed by atoms with van der Waals surface area (Å²) in [5, 5.41) is 3.35. The Kier molecular flexibility index (Phi) is 9.13. The second-order valence-electron chi connectivity index (χ2n) is 6.37. The third-order valence-electron chi connectivity index (χ3n) is 4.05. The Morgan fingerprint density at radius 2 is 2.16 bits per heavy atom. The molecule has 9 heteroatoms. The predicted octanol–water partition coefficient (Wildman–Crippen LogP) is 2.81. The van der Waals surface area contributed by atoms with Crippen LogP contribution in [0, 0.1) is 5.92 Å². The van der Waals surface area contributed by atoms with Crippen molar-refractivity contribution in [2.75, 3.05) is 33.7 Å². The normalized spacial score (nSPS) is 19.0. The van der Waals surface area contributed by atoms with E-state index < -0.39 is 10.0 Å². The fourth-order valence-corrected chi connectivity index (χ4v) is 5.17. The predicted molar refractivity (Wildman–Crippen MR) is 115 cm³/mol. The minimum atomic E-state index is -3.36. The van der Waals surface area contributed by atoms with Gasteiger partial charge in [-0.25, -0.2) is 17.7 Å². The number of hydrogen-bond donors (Lipinski definition) is 1. The molecule has 0 aromatic carbocycles. The van der Waals surface area contributed by atoms with Crippen LogP contribution in [-0.4, -0.2) is 57.3 Å². The zero-order valence-electron chi connectivity index (χ0n) is 15.4. The van der Waals surface area contributed by atoms with Crippen molar-refractivity contribution in [3.05, 3.63) is 17.0 Å². The summed E-state index contributed by atoms with van der Waals surface area (Å²) in [7, 11) is -0.257. The smallest absolute Gasteiger partial charge is 0.252 e. The summed E-state index contributed by atoms with van der Waals surface area (Å²) in [6, 6.07) is 3.52. The molecule has 2 rings (SSSR count). The molecule has 1 aliphatic heterocycles. The van der Waals surface area contributed by atoms with Crippen molar-refractivity contribution in [3.8, 4) is 0 Å². The van der Waals surface area contributed by atoms with E-state index in [1.165, 1.54) is 28.5 Å². The van der Waals surface area contributed by atoms with E-state index in [0.717, 1.165) is 30.5 Å². The van der Waals surface area contributed by atoms with Crippen LogP contribution in [-0.2, 0) is 16.6 Å². The molecule has 1 aromatic rings. The summed E-state index contributed by atoms with van der Waals surface area (Å²) in [6.07, 6.45) is 2.46. The standard InChI is InChI=1S/C16H28N4O2S2.HI/c1-5-17-16(20-10-6-7-13(2)12-20)18-11-14-8-9-15(23-14)24(21,22)19(3)4;/h8-9,13H,5-7,10-12H2,1-4H3,(H,17,18);1H. The Labute approximate surface area is 172 Å². The average Bonchev–Trinajstić information content (AvgIpc) is 3.01. The van der Waals surface area contributed by atoms with E-state index >= 15 is 0 Å². The molecule has 0 saturated carbocycles. The maximum Gasteiger partial charge on any atom is 0.252 e. The van der Waals surface area contributed by atoms with Gasteiger partial charge in [-0.15, -0.1) is 35.3 Å². The van der Waals surface area contributed by atoms with Gasteiger partial charge >= 0.3 is 0 Å². The molecule has 1 aliphatic rings. The molecule has 1 N–H and O–H groups in total. The summed E-state index contributed by atoms with van der Waals surface area (Å²) in [4.78, 5) is 7.98. The molecule has 2 heterocycles. The second-order valence-corrected chi connectivity index (χ2v) is 9.92. The number of aliphatic imine (C=N–C) groups is 1. The molecule has 6 nitrogen and oxygen atoms in total. The number of likely N-dealkylation sites (tertiary alicyclic amines) is 1. The van der Waals surface area contributed by atoms with Crippen LogP contribution in [0.25, 0.3) is 0 Å². The van der Waals surface area contributed by atoms with Crippen LogP contribution in [0.5, 0.6) is 0 Å². The summed E-state index contributed by atoms with van der Waals surface area (Å²) in [5.74, 6) is 1.61. The molecule has 0 radical (unpaired) electrons. The van der Waals surface area contributed by atoms with Crippen LogP contribution < -0.4 is 5.32 Å². The van der Waals surface area contributed by atoms with E-state index in [2.05, 4.69) is 24.1 Å². The van der Waals surface area contributed by atoms with E-state index in [-0.39, 0.29) is 24.0 Å². The van der Waals surface area contributed by atoms with Gasteiger partial charge in [-0.3, -0.25) is 0 Å². The molecule has 1 aromatic heterocycles. The van der Waals surface area contributed by atoms with Crippen LogP contribution in [0.3, 0.4) is 0 Å². The minimum absolute atomic E-state index is 0. The molecule has 0 aliphatic carbocycles. The number of rotatable bonds is 5. The number of guanidine groups is 1. The van der Waals surface area contributed by atoms with Crippen molar-refractivity contribution >= 4 is 51.3 Å². The first kappa shape index (κ1) is 22.7. The molecule has 0 spiro atoms. The topological polar surface area (TPSA) is 65.0 Å². The van der Waals surface area contributed by atoms with Crippen molar-refractivity contribution in [3.63, 3.8) is 0 Å². The SMILES string of the molecule is CCNC(=NCc1ccc(S(=O)(=O)N(C)C)s1)N1CCCC(C)C1.I. The number of thiophene rings is 1. The lowest BCUT2D eigenvalue weighted by Gasteiger charge is -2.33. The highest BCUT2D eigenvalue weighted by Crippen LogP contribution is 2.24.